The van der Waals surface area contributed by atoms with Crippen molar-refractivity contribution in [3.63, 3.8) is 0 Å². The summed E-state index contributed by atoms with van der Waals surface area (Å²) in [7, 11) is 0. The molecule has 0 N–H and O–H groups in total. The first-order valence-corrected chi connectivity index (χ1v) is 44.6. The van der Waals surface area contributed by atoms with E-state index >= 15 is 0 Å². The zero-order valence-electron chi connectivity index (χ0n) is 78.1. The zero-order valence-corrected chi connectivity index (χ0v) is 78.1. The fourth-order valence-corrected chi connectivity index (χ4v) is 21.5. The van der Waals surface area contributed by atoms with Crippen molar-refractivity contribution in [3.05, 3.63) is 346 Å². The molecule has 0 amide bonds. The number of rotatable bonds is 8. The van der Waals surface area contributed by atoms with Crippen molar-refractivity contribution >= 4 is 79.0 Å². The van der Waals surface area contributed by atoms with Gasteiger partial charge < -0.3 is 19.6 Å². The molecule has 4 nitrogen and oxygen atoms in total. The van der Waals surface area contributed by atoms with Crippen molar-refractivity contribution in [2.75, 3.05) is 19.6 Å². The molecule has 0 fully saturated rings. The Labute approximate surface area is 727 Å². The molecule has 0 aromatic heterocycles. The van der Waals surface area contributed by atoms with Gasteiger partial charge in [0.1, 0.15) is 0 Å². The van der Waals surface area contributed by atoms with Gasteiger partial charge in [0, 0.05) is 78.8 Å². The summed E-state index contributed by atoms with van der Waals surface area (Å²) in [6, 6.07) is 112. The van der Waals surface area contributed by atoms with Crippen LogP contribution >= 0.6 is 0 Å². The van der Waals surface area contributed by atoms with E-state index in [1.165, 1.54) is 99.8 Å². The lowest BCUT2D eigenvalue weighted by Crippen LogP contribution is -2.62. The summed E-state index contributed by atoms with van der Waals surface area (Å²) < 4.78 is 0. The Morgan fingerprint density at radius 1 is 0.240 bits per heavy atom. The van der Waals surface area contributed by atoms with Crippen molar-refractivity contribution in [3.8, 4) is 22.3 Å². The SMILES string of the molecule is CC(C)(C)c1ccc(N(c2ccc(C(C)(C)C)cc2)c2ccc3c(c2)C2(C(C)(C)C)c4cc(ccc4-3)N(c3ccc(C(C)(C)C)cc3)c3ccc(cc3)C(C)(C)CC(C)(C)c3ccc(cc3)N(c3ccc(C(C)(C)C)cc3)c3ccc4c(c3)C2(C(C)(C)C)c2cc(N(c3ccc(C(C)(C)C)cc3)c3ccc(C(C)(C)C)cc3)c3ccccc3c2-4)cc1. The number of hydrogen-bond donors (Lipinski definition) is 0. The van der Waals surface area contributed by atoms with Crippen LogP contribution in [0.5, 0.6) is 0 Å². The second kappa shape index (κ2) is 29.0. The molecule has 3 aliphatic heterocycles. The molecule has 0 saturated carbocycles. The number of nitrogens with zero attached hydrogens (tertiary/aromatic N) is 4. The molecule has 2 aliphatic carbocycles. The lowest BCUT2D eigenvalue weighted by atomic mass is 9.39. The normalized spacial score (nSPS) is 17.2. The molecule has 121 heavy (non-hydrogen) atoms. The van der Waals surface area contributed by atoms with Crippen molar-refractivity contribution in [1.29, 1.82) is 0 Å². The van der Waals surface area contributed by atoms with Crippen LogP contribution in [0.15, 0.2) is 279 Å². The van der Waals surface area contributed by atoms with Crippen LogP contribution in [0.1, 0.15) is 267 Å². The molecule has 13 aromatic carbocycles. The van der Waals surface area contributed by atoms with Crippen LogP contribution in [0.3, 0.4) is 0 Å². The third-order valence-corrected chi connectivity index (χ3v) is 27.7. The minimum atomic E-state index is -0.971. The molecule has 2 unspecified atom stereocenters. The van der Waals surface area contributed by atoms with Crippen LogP contribution in [0, 0.1) is 10.8 Å². The van der Waals surface area contributed by atoms with E-state index in [0.29, 0.717) is 0 Å². The van der Waals surface area contributed by atoms with E-state index in [9.17, 15) is 0 Å². The lowest BCUT2D eigenvalue weighted by Gasteiger charge is -2.62. The first-order chi connectivity index (χ1) is 56.5. The predicted octanol–water partition coefficient (Wildman–Crippen LogP) is 33.8. The number of hydrogen-bond acceptors (Lipinski definition) is 4. The molecule has 8 bridgehead atoms. The average molecular weight is 1590 g/mol. The van der Waals surface area contributed by atoms with Gasteiger partial charge in [-0.05, 0) is 294 Å². The number of fused-ring (bicyclic) bond motifs is 8. The van der Waals surface area contributed by atoms with Gasteiger partial charge in [-0.2, -0.15) is 0 Å². The highest BCUT2D eigenvalue weighted by Crippen LogP contribution is 2.77. The molecular formula is C117H132N4. The van der Waals surface area contributed by atoms with E-state index in [-0.39, 0.29) is 43.3 Å². The molecule has 5 aliphatic rings. The Kier molecular flexibility index (Phi) is 20.1. The Bertz CT molecular complexity index is 5930. The molecule has 0 radical (unpaired) electrons. The molecule has 3 heterocycles. The lowest BCUT2D eigenvalue weighted by molar-refractivity contribution is 0.0595. The highest BCUT2D eigenvalue weighted by Gasteiger charge is 2.71. The van der Waals surface area contributed by atoms with Crippen LogP contribution in [0.4, 0.5) is 68.2 Å². The molecular weight excluding hydrogens is 1460 g/mol. The monoisotopic (exact) mass is 1590 g/mol. The van der Waals surface area contributed by atoms with Crippen LogP contribution in [0.25, 0.3) is 33.0 Å². The second-order valence-corrected chi connectivity index (χ2v) is 45.2. The van der Waals surface area contributed by atoms with E-state index in [1.54, 1.807) is 0 Å². The summed E-state index contributed by atoms with van der Waals surface area (Å²) in [6.07, 6.45) is 0.933. The maximum Gasteiger partial charge on any atom is 0.0543 e. The third kappa shape index (κ3) is 14.3. The molecule has 2 atom stereocenters. The van der Waals surface area contributed by atoms with Gasteiger partial charge in [0.2, 0.25) is 0 Å². The van der Waals surface area contributed by atoms with Gasteiger partial charge in [-0.15, -0.1) is 0 Å². The summed E-state index contributed by atoms with van der Waals surface area (Å²) in [5.74, 6) is 0. The quantitative estimate of drug-likeness (QED) is 0.150. The summed E-state index contributed by atoms with van der Waals surface area (Å²) in [5.41, 5.74) is 30.0. The topological polar surface area (TPSA) is 13.0 Å². The van der Waals surface area contributed by atoms with Gasteiger partial charge in [-0.25, -0.2) is 0 Å². The third-order valence-electron chi connectivity index (χ3n) is 27.7. The first-order valence-electron chi connectivity index (χ1n) is 44.6. The van der Waals surface area contributed by atoms with Gasteiger partial charge in [-0.3, -0.25) is 0 Å². The van der Waals surface area contributed by atoms with E-state index in [0.717, 1.165) is 74.7 Å². The fourth-order valence-electron chi connectivity index (χ4n) is 21.5. The molecule has 0 saturated heterocycles. The molecule has 13 aromatic rings. The highest BCUT2D eigenvalue weighted by molar-refractivity contribution is 6.11. The predicted molar refractivity (Wildman–Crippen MR) is 523 cm³/mol. The van der Waals surface area contributed by atoms with Crippen molar-refractivity contribution in [1.82, 2.24) is 0 Å². The largest absolute Gasteiger partial charge is 0.310 e. The minimum Gasteiger partial charge on any atom is -0.310 e. The van der Waals surface area contributed by atoms with E-state index in [2.05, 4.69) is 493 Å². The Morgan fingerprint density at radius 3 is 0.843 bits per heavy atom. The average Bonchev–Trinajstić information content (AvgIpc) is 1.42. The molecule has 0 spiro atoms. The summed E-state index contributed by atoms with van der Waals surface area (Å²) in [5, 5.41) is 2.41. The Morgan fingerprint density at radius 2 is 0.504 bits per heavy atom. The Hall–Kier alpha value is -10.7. The van der Waals surface area contributed by atoms with Gasteiger partial charge in [0.25, 0.3) is 0 Å². The van der Waals surface area contributed by atoms with Crippen molar-refractivity contribution in [2.45, 2.75) is 254 Å². The van der Waals surface area contributed by atoms with Gasteiger partial charge in [0.05, 0.1) is 5.69 Å². The van der Waals surface area contributed by atoms with Gasteiger partial charge in [0.15, 0.2) is 0 Å². The zero-order chi connectivity index (χ0) is 86.9. The van der Waals surface area contributed by atoms with Crippen molar-refractivity contribution in [2.24, 2.45) is 10.8 Å². The smallest absolute Gasteiger partial charge is 0.0543 e. The standard InChI is InChI=1S/C117H132N4/c1-106(2,3)76-33-49-84(50-34-76)118(85-51-35-77(36-52-85)107(4,5)6)92-65-68-95-96-69-66-93-72-101(96)116(100(95)71-92,112(19,20)21)117(113(22,23)24)102-73-94(67-70-99(102)105-98-32-30-29-31-97(98)104(74-103(105)117)121(90-57-41-80(42-58-90)110(13,14)15)91-59-43-81(44-60-91)111(16,17)18)120(87-55-39-79(40-56-87)109(10,11)12)89-63-47-83(48-64-89)115(27,28)75-114(25,26)82-45-61-88(62-46-82)119(93)86-53-37-78(38-54-86)108(7,8)9/h29-74H,75H2,1-28H3. The van der Waals surface area contributed by atoms with E-state index in [1.807, 2.05) is 0 Å². The van der Waals surface area contributed by atoms with Crippen molar-refractivity contribution < 1.29 is 0 Å². The van der Waals surface area contributed by atoms with Crippen LogP contribution in [-0.2, 0) is 54.1 Å². The number of anilines is 12. The summed E-state index contributed by atoms with van der Waals surface area (Å²) in [6.45, 7) is 67.3. The molecule has 4 heteroatoms. The minimum absolute atomic E-state index is 0.0532. The maximum absolute atomic E-state index is 2.73. The number of benzene rings is 13. The molecule has 18 rings (SSSR count). The second-order valence-electron chi connectivity index (χ2n) is 45.2. The van der Waals surface area contributed by atoms with E-state index < -0.39 is 21.7 Å². The highest BCUT2D eigenvalue weighted by atomic mass is 15.2. The summed E-state index contributed by atoms with van der Waals surface area (Å²) >= 11 is 0. The molecule has 620 valence electrons. The van der Waals surface area contributed by atoms with Gasteiger partial charge in [-0.1, -0.05) is 333 Å². The van der Waals surface area contributed by atoms with Crippen LogP contribution in [0.2, 0.25) is 0 Å². The van der Waals surface area contributed by atoms with Crippen LogP contribution in [-0.4, -0.2) is 0 Å². The van der Waals surface area contributed by atoms with E-state index in [4.69, 9.17) is 0 Å². The Balaban J connectivity index is 1.12. The first kappa shape index (κ1) is 83.9. The maximum atomic E-state index is 2.73. The van der Waals surface area contributed by atoms with Gasteiger partial charge >= 0.3 is 0 Å². The fraction of sp³-hybridized carbons (Fsp3) is 0.350. The summed E-state index contributed by atoms with van der Waals surface area (Å²) in [4.78, 5) is 10.3. The van der Waals surface area contributed by atoms with Crippen LogP contribution < -0.4 is 19.6 Å².